The lowest BCUT2D eigenvalue weighted by molar-refractivity contribution is -0.147. The van der Waals surface area contributed by atoms with Crippen LogP contribution in [0.25, 0.3) is 0 Å². The quantitative estimate of drug-likeness (QED) is 0.705. The Bertz CT molecular complexity index is 286. The molecular formula is C14H28N2O2. The molecule has 18 heavy (non-hydrogen) atoms. The van der Waals surface area contributed by atoms with Crippen LogP contribution < -0.4 is 5.73 Å². The molecule has 0 bridgehead atoms. The first-order chi connectivity index (χ1) is 8.27. The summed E-state index contributed by atoms with van der Waals surface area (Å²) in [6.45, 7) is 9.45. The minimum Gasteiger partial charge on any atom is -0.468 e. The summed E-state index contributed by atoms with van der Waals surface area (Å²) in [6, 6.07) is 1.00. The molecule has 1 aliphatic carbocycles. The summed E-state index contributed by atoms with van der Waals surface area (Å²) in [6.07, 6.45) is 3.19. The van der Waals surface area contributed by atoms with E-state index in [1.54, 1.807) is 6.92 Å². The maximum atomic E-state index is 11.6. The molecule has 1 aliphatic rings. The standard InChI is InChI=1S/C14H28N2O2/c1-10(2)9-16(12-6-7-12)11(3)8-14(4,15)13(17)18-5/h10-12H,6-9,15H2,1-5H3. The van der Waals surface area contributed by atoms with E-state index in [4.69, 9.17) is 10.5 Å². The second-order valence-corrected chi connectivity index (χ2v) is 6.28. The summed E-state index contributed by atoms with van der Waals surface area (Å²) in [5.41, 5.74) is 5.17. The number of methoxy groups -OCH3 is 1. The smallest absolute Gasteiger partial charge is 0.325 e. The molecule has 0 radical (unpaired) electrons. The van der Waals surface area contributed by atoms with Crippen LogP contribution in [-0.2, 0) is 9.53 Å². The van der Waals surface area contributed by atoms with Crippen molar-refractivity contribution in [2.24, 2.45) is 11.7 Å². The highest BCUT2D eigenvalue weighted by Gasteiger charge is 2.37. The first kappa shape index (κ1) is 15.4. The van der Waals surface area contributed by atoms with Gasteiger partial charge < -0.3 is 10.5 Å². The first-order valence-corrected chi connectivity index (χ1v) is 6.91. The number of esters is 1. The number of carbonyl (C=O) groups is 1. The molecule has 2 N–H and O–H groups in total. The summed E-state index contributed by atoms with van der Waals surface area (Å²) in [5.74, 6) is 0.310. The molecule has 2 unspecified atom stereocenters. The fourth-order valence-corrected chi connectivity index (χ4v) is 2.56. The molecule has 0 spiro atoms. The van der Waals surface area contributed by atoms with Crippen LogP contribution in [0, 0.1) is 5.92 Å². The SMILES string of the molecule is COC(=O)C(C)(N)CC(C)N(CC(C)C)C1CC1. The van der Waals surface area contributed by atoms with Crippen molar-refractivity contribution in [3.05, 3.63) is 0 Å². The molecule has 2 atom stereocenters. The van der Waals surface area contributed by atoms with Gasteiger partial charge in [0.05, 0.1) is 7.11 Å². The van der Waals surface area contributed by atoms with E-state index in [0.717, 1.165) is 6.54 Å². The van der Waals surface area contributed by atoms with Gasteiger partial charge in [0.1, 0.15) is 5.54 Å². The van der Waals surface area contributed by atoms with Gasteiger partial charge in [-0.05, 0) is 39.0 Å². The monoisotopic (exact) mass is 256 g/mol. The molecule has 0 amide bonds. The molecule has 0 aromatic carbocycles. The van der Waals surface area contributed by atoms with E-state index in [1.807, 2.05) is 0 Å². The van der Waals surface area contributed by atoms with Crippen molar-refractivity contribution in [1.82, 2.24) is 4.90 Å². The lowest BCUT2D eigenvalue weighted by Crippen LogP contribution is -2.51. The Hall–Kier alpha value is -0.610. The summed E-state index contributed by atoms with van der Waals surface area (Å²) in [7, 11) is 1.39. The van der Waals surface area contributed by atoms with Crippen molar-refractivity contribution in [2.75, 3.05) is 13.7 Å². The molecule has 0 saturated heterocycles. The highest BCUT2D eigenvalue weighted by atomic mass is 16.5. The molecule has 0 heterocycles. The van der Waals surface area contributed by atoms with Crippen LogP contribution in [-0.4, -0.2) is 42.1 Å². The van der Waals surface area contributed by atoms with Crippen molar-refractivity contribution < 1.29 is 9.53 Å². The second-order valence-electron chi connectivity index (χ2n) is 6.28. The van der Waals surface area contributed by atoms with E-state index >= 15 is 0 Å². The molecule has 1 fully saturated rings. The molecule has 0 aliphatic heterocycles. The Balaban J connectivity index is 2.60. The van der Waals surface area contributed by atoms with Gasteiger partial charge in [-0.25, -0.2) is 0 Å². The third-order valence-corrected chi connectivity index (χ3v) is 3.53. The molecule has 0 aromatic heterocycles. The van der Waals surface area contributed by atoms with Crippen molar-refractivity contribution in [3.8, 4) is 0 Å². The number of nitrogens with zero attached hydrogens (tertiary/aromatic N) is 1. The average Bonchev–Trinajstić information content (AvgIpc) is 3.07. The van der Waals surface area contributed by atoms with Crippen molar-refractivity contribution >= 4 is 5.97 Å². The number of rotatable bonds is 7. The van der Waals surface area contributed by atoms with Crippen LogP contribution >= 0.6 is 0 Å². The first-order valence-electron chi connectivity index (χ1n) is 6.91. The van der Waals surface area contributed by atoms with E-state index in [1.165, 1.54) is 20.0 Å². The van der Waals surface area contributed by atoms with E-state index in [2.05, 4.69) is 25.7 Å². The van der Waals surface area contributed by atoms with E-state index < -0.39 is 5.54 Å². The lowest BCUT2D eigenvalue weighted by atomic mass is 9.93. The molecule has 1 saturated carbocycles. The molecule has 106 valence electrons. The Labute approximate surface area is 111 Å². The van der Waals surface area contributed by atoms with Crippen LogP contribution in [0.3, 0.4) is 0 Å². The topological polar surface area (TPSA) is 55.6 Å². The molecule has 1 rings (SSSR count). The second kappa shape index (κ2) is 6.02. The van der Waals surface area contributed by atoms with E-state index in [-0.39, 0.29) is 5.97 Å². The number of ether oxygens (including phenoxy) is 1. The largest absolute Gasteiger partial charge is 0.468 e. The number of hydrogen-bond donors (Lipinski definition) is 1. The van der Waals surface area contributed by atoms with Crippen LogP contribution in [0.4, 0.5) is 0 Å². The Morgan fingerprint density at radius 1 is 1.44 bits per heavy atom. The Morgan fingerprint density at radius 2 is 2.00 bits per heavy atom. The van der Waals surface area contributed by atoms with Gasteiger partial charge in [0.15, 0.2) is 0 Å². The van der Waals surface area contributed by atoms with Gasteiger partial charge in [0.2, 0.25) is 0 Å². The number of carbonyl (C=O) groups excluding carboxylic acids is 1. The van der Waals surface area contributed by atoms with Crippen LogP contribution in [0.1, 0.15) is 47.0 Å². The van der Waals surface area contributed by atoms with Gasteiger partial charge in [0, 0.05) is 18.6 Å². The fraction of sp³-hybridized carbons (Fsp3) is 0.929. The predicted octanol–water partition coefficient (Wildman–Crippen LogP) is 1.78. The average molecular weight is 256 g/mol. The van der Waals surface area contributed by atoms with Crippen molar-refractivity contribution in [3.63, 3.8) is 0 Å². The maximum Gasteiger partial charge on any atom is 0.325 e. The minimum atomic E-state index is -0.891. The highest BCUT2D eigenvalue weighted by molar-refractivity contribution is 5.79. The molecule has 4 heteroatoms. The van der Waals surface area contributed by atoms with Crippen molar-refractivity contribution in [1.29, 1.82) is 0 Å². The third-order valence-electron chi connectivity index (χ3n) is 3.53. The maximum absolute atomic E-state index is 11.6. The van der Waals surface area contributed by atoms with Gasteiger partial charge in [-0.3, -0.25) is 9.69 Å². The predicted molar refractivity (Wildman–Crippen MR) is 73.3 cm³/mol. The zero-order chi connectivity index (χ0) is 13.9. The lowest BCUT2D eigenvalue weighted by Gasteiger charge is -2.34. The third kappa shape index (κ3) is 4.25. The normalized spacial score (nSPS) is 20.9. The van der Waals surface area contributed by atoms with Gasteiger partial charge in [0.25, 0.3) is 0 Å². The van der Waals surface area contributed by atoms with Crippen LogP contribution in [0.5, 0.6) is 0 Å². The number of hydrogen-bond acceptors (Lipinski definition) is 4. The van der Waals surface area contributed by atoms with Gasteiger partial charge in [-0.1, -0.05) is 13.8 Å². The van der Waals surface area contributed by atoms with Gasteiger partial charge in [-0.2, -0.15) is 0 Å². The van der Waals surface area contributed by atoms with Crippen molar-refractivity contribution in [2.45, 2.75) is 64.6 Å². The number of nitrogens with two attached hydrogens (primary N) is 1. The summed E-state index contributed by atoms with van der Waals surface area (Å²) < 4.78 is 4.77. The Morgan fingerprint density at radius 3 is 2.39 bits per heavy atom. The van der Waals surface area contributed by atoms with E-state index in [0.29, 0.717) is 24.4 Å². The molecular weight excluding hydrogens is 228 g/mol. The fourth-order valence-electron chi connectivity index (χ4n) is 2.56. The highest BCUT2D eigenvalue weighted by Crippen LogP contribution is 2.31. The van der Waals surface area contributed by atoms with Crippen LogP contribution in [0.2, 0.25) is 0 Å². The van der Waals surface area contributed by atoms with Crippen LogP contribution in [0.15, 0.2) is 0 Å². The molecule has 4 nitrogen and oxygen atoms in total. The Kier molecular flexibility index (Phi) is 5.17. The minimum absolute atomic E-state index is 0.314. The summed E-state index contributed by atoms with van der Waals surface area (Å²) in [4.78, 5) is 14.1. The zero-order valence-electron chi connectivity index (χ0n) is 12.4. The summed E-state index contributed by atoms with van der Waals surface area (Å²) >= 11 is 0. The van der Waals surface area contributed by atoms with E-state index in [9.17, 15) is 4.79 Å². The zero-order valence-corrected chi connectivity index (χ0v) is 12.4. The molecule has 0 aromatic rings. The van der Waals surface area contributed by atoms with Gasteiger partial charge >= 0.3 is 5.97 Å². The van der Waals surface area contributed by atoms with Gasteiger partial charge in [-0.15, -0.1) is 0 Å². The summed E-state index contributed by atoms with van der Waals surface area (Å²) in [5, 5.41) is 0.